The van der Waals surface area contributed by atoms with Crippen molar-refractivity contribution in [1.29, 1.82) is 0 Å². The molecule has 19 heavy (non-hydrogen) atoms. The fourth-order valence-electron chi connectivity index (χ4n) is 3.28. The molecular formula is C14H24N2O2S. The third-order valence-electron chi connectivity index (χ3n) is 4.46. The number of thioether (sulfide) groups is 1. The second-order valence-corrected chi connectivity index (χ2v) is 6.87. The van der Waals surface area contributed by atoms with Crippen LogP contribution in [-0.4, -0.2) is 53.8 Å². The zero-order valence-electron chi connectivity index (χ0n) is 11.5. The molecule has 0 radical (unpaired) electrons. The highest BCUT2D eigenvalue weighted by atomic mass is 32.2. The van der Waals surface area contributed by atoms with E-state index in [-0.39, 0.29) is 6.04 Å². The predicted molar refractivity (Wildman–Crippen MR) is 77.2 cm³/mol. The largest absolute Gasteiger partial charge is 0.375 e. The van der Waals surface area contributed by atoms with Crippen LogP contribution in [0.2, 0.25) is 0 Å². The van der Waals surface area contributed by atoms with Crippen LogP contribution in [0.15, 0.2) is 0 Å². The molecule has 2 aliphatic heterocycles. The molecule has 1 amide bonds. The van der Waals surface area contributed by atoms with Gasteiger partial charge in [-0.05, 0) is 25.7 Å². The number of piperidine rings is 1. The summed E-state index contributed by atoms with van der Waals surface area (Å²) in [5, 5.41) is 3.26. The summed E-state index contributed by atoms with van der Waals surface area (Å²) in [4.78, 5) is 14.3. The van der Waals surface area contributed by atoms with Crippen LogP contribution in [0.3, 0.4) is 0 Å². The normalized spacial score (nSPS) is 30.1. The molecule has 3 rings (SSSR count). The van der Waals surface area contributed by atoms with Crippen LogP contribution >= 0.6 is 11.8 Å². The first kappa shape index (κ1) is 13.7. The predicted octanol–water partition coefficient (Wildman–Crippen LogP) is 1.60. The Morgan fingerprint density at radius 3 is 2.42 bits per heavy atom. The van der Waals surface area contributed by atoms with Gasteiger partial charge in [0.2, 0.25) is 5.91 Å². The number of amides is 1. The summed E-state index contributed by atoms with van der Waals surface area (Å²) in [6.45, 7) is 1.75. The first-order chi connectivity index (χ1) is 9.33. The number of rotatable bonds is 3. The fraction of sp³-hybridized carbons (Fsp3) is 0.929. The molecule has 3 fully saturated rings. The lowest BCUT2D eigenvalue weighted by Gasteiger charge is -2.34. The van der Waals surface area contributed by atoms with Gasteiger partial charge in [-0.2, -0.15) is 0 Å². The SMILES string of the molecule is O=C(C1CSCN1)N1CCC(OC2CCCC2)CC1. The number of ether oxygens (including phenoxy) is 1. The van der Waals surface area contributed by atoms with E-state index in [4.69, 9.17) is 4.74 Å². The maximum Gasteiger partial charge on any atom is 0.240 e. The Balaban J connectivity index is 1.42. The topological polar surface area (TPSA) is 41.6 Å². The fourth-order valence-corrected chi connectivity index (χ4v) is 4.22. The van der Waals surface area contributed by atoms with Gasteiger partial charge >= 0.3 is 0 Å². The average Bonchev–Trinajstić information content (AvgIpc) is 3.12. The lowest BCUT2D eigenvalue weighted by Crippen LogP contribution is -2.49. The van der Waals surface area contributed by atoms with Gasteiger partial charge in [0.15, 0.2) is 0 Å². The van der Waals surface area contributed by atoms with Crippen LogP contribution in [0.1, 0.15) is 38.5 Å². The van der Waals surface area contributed by atoms with Gasteiger partial charge in [-0.3, -0.25) is 10.1 Å². The van der Waals surface area contributed by atoms with E-state index in [0.717, 1.165) is 37.6 Å². The molecule has 0 bridgehead atoms. The summed E-state index contributed by atoms with van der Waals surface area (Å²) in [5.74, 6) is 2.14. The standard InChI is InChI=1S/C14H24N2O2S/c17-14(13-9-19-10-15-13)16-7-5-12(6-8-16)18-11-3-1-2-4-11/h11-13,15H,1-10H2. The van der Waals surface area contributed by atoms with E-state index in [1.165, 1.54) is 25.7 Å². The number of nitrogens with zero attached hydrogens (tertiary/aromatic N) is 1. The number of nitrogens with one attached hydrogen (secondary N) is 1. The van der Waals surface area contributed by atoms with Crippen molar-refractivity contribution in [1.82, 2.24) is 10.2 Å². The highest BCUT2D eigenvalue weighted by Crippen LogP contribution is 2.25. The molecule has 1 N–H and O–H groups in total. The van der Waals surface area contributed by atoms with E-state index in [9.17, 15) is 4.79 Å². The molecule has 5 heteroatoms. The molecule has 0 aromatic rings. The lowest BCUT2D eigenvalue weighted by molar-refractivity contribution is -0.136. The Morgan fingerprint density at radius 2 is 1.79 bits per heavy atom. The monoisotopic (exact) mass is 284 g/mol. The van der Waals surface area contributed by atoms with E-state index in [1.807, 2.05) is 16.7 Å². The Labute approximate surface area is 119 Å². The summed E-state index contributed by atoms with van der Waals surface area (Å²) in [6.07, 6.45) is 8.05. The van der Waals surface area contributed by atoms with Crippen molar-refractivity contribution in [3.8, 4) is 0 Å². The van der Waals surface area contributed by atoms with Crippen LogP contribution in [-0.2, 0) is 9.53 Å². The van der Waals surface area contributed by atoms with Gasteiger partial charge in [-0.15, -0.1) is 11.8 Å². The lowest BCUT2D eigenvalue weighted by atomic mass is 10.1. The van der Waals surface area contributed by atoms with E-state index in [1.54, 1.807) is 0 Å². The van der Waals surface area contributed by atoms with Gasteiger partial charge in [0.05, 0.1) is 18.2 Å². The summed E-state index contributed by atoms with van der Waals surface area (Å²) < 4.78 is 6.15. The van der Waals surface area contributed by atoms with Crippen LogP contribution in [0, 0.1) is 0 Å². The van der Waals surface area contributed by atoms with E-state index in [0.29, 0.717) is 18.1 Å². The molecule has 1 aliphatic carbocycles. The van der Waals surface area contributed by atoms with E-state index >= 15 is 0 Å². The minimum Gasteiger partial charge on any atom is -0.375 e. The molecule has 0 spiro atoms. The summed E-state index contributed by atoms with van der Waals surface area (Å²) in [7, 11) is 0. The van der Waals surface area contributed by atoms with Crippen molar-refractivity contribution in [2.45, 2.75) is 56.8 Å². The smallest absolute Gasteiger partial charge is 0.240 e. The van der Waals surface area contributed by atoms with Gasteiger partial charge in [-0.1, -0.05) is 12.8 Å². The molecular weight excluding hydrogens is 260 g/mol. The van der Waals surface area contributed by atoms with Gasteiger partial charge in [0, 0.05) is 24.7 Å². The maximum atomic E-state index is 12.3. The number of hydrogen-bond acceptors (Lipinski definition) is 4. The van der Waals surface area contributed by atoms with Crippen molar-refractivity contribution in [3.05, 3.63) is 0 Å². The molecule has 108 valence electrons. The molecule has 1 saturated carbocycles. The second-order valence-electron chi connectivity index (χ2n) is 5.84. The van der Waals surface area contributed by atoms with Crippen molar-refractivity contribution in [2.75, 3.05) is 24.7 Å². The average molecular weight is 284 g/mol. The first-order valence-electron chi connectivity index (χ1n) is 7.58. The summed E-state index contributed by atoms with van der Waals surface area (Å²) >= 11 is 1.81. The van der Waals surface area contributed by atoms with Gasteiger partial charge in [-0.25, -0.2) is 0 Å². The van der Waals surface area contributed by atoms with Crippen LogP contribution < -0.4 is 5.32 Å². The zero-order chi connectivity index (χ0) is 13.1. The minimum atomic E-state index is 0.0531. The number of hydrogen-bond donors (Lipinski definition) is 1. The summed E-state index contributed by atoms with van der Waals surface area (Å²) in [5.41, 5.74) is 0. The third kappa shape index (κ3) is 3.44. The Bertz CT molecular complexity index is 307. The molecule has 1 atom stereocenters. The van der Waals surface area contributed by atoms with Crippen LogP contribution in [0.5, 0.6) is 0 Å². The molecule has 0 aromatic carbocycles. The second kappa shape index (κ2) is 6.46. The molecule has 0 aromatic heterocycles. The molecule has 2 saturated heterocycles. The minimum absolute atomic E-state index is 0.0531. The number of carbonyl (C=O) groups is 1. The van der Waals surface area contributed by atoms with Crippen molar-refractivity contribution in [3.63, 3.8) is 0 Å². The van der Waals surface area contributed by atoms with Gasteiger partial charge in [0.25, 0.3) is 0 Å². The van der Waals surface area contributed by atoms with Crippen molar-refractivity contribution < 1.29 is 9.53 Å². The van der Waals surface area contributed by atoms with Crippen molar-refractivity contribution >= 4 is 17.7 Å². The third-order valence-corrected chi connectivity index (χ3v) is 5.39. The van der Waals surface area contributed by atoms with Gasteiger partial charge in [0.1, 0.15) is 0 Å². The number of likely N-dealkylation sites (tertiary alicyclic amines) is 1. The quantitative estimate of drug-likeness (QED) is 0.855. The highest BCUT2D eigenvalue weighted by Gasteiger charge is 2.31. The van der Waals surface area contributed by atoms with Crippen LogP contribution in [0.4, 0.5) is 0 Å². The molecule has 3 aliphatic rings. The molecule has 1 unspecified atom stereocenters. The van der Waals surface area contributed by atoms with E-state index < -0.39 is 0 Å². The first-order valence-corrected chi connectivity index (χ1v) is 8.74. The Kier molecular flexibility index (Phi) is 4.66. The maximum absolute atomic E-state index is 12.3. The van der Waals surface area contributed by atoms with Crippen molar-refractivity contribution in [2.24, 2.45) is 0 Å². The number of carbonyl (C=O) groups excluding carboxylic acids is 1. The Morgan fingerprint density at radius 1 is 1.11 bits per heavy atom. The van der Waals surface area contributed by atoms with Crippen LogP contribution in [0.25, 0.3) is 0 Å². The molecule has 2 heterocycles. The zero-order valence-corrected chi connectivity index (χ0v) is 12.3. The highest BCUT2D eigenvalue weighted by molar-refractivity contribution is 7.99. The van der Waals surface area contributed by atoms with E-state index in [2.05, 4.69) is 5.32 Å². The Hall–Kier alpha value is -0.260. The summed E-state index contributed by atoms with van der Waals surface area (Å²) in [6, 6.07) is 0.0531. The molecule has 4 nitrogen and oxygen atoms in total. The van der Waals surface area contributed by atoms with Gasteiger partial charge < -0.3 is 9.64 Å².